The fourth-order valence-electron chi connectivity index (χ4n) is 1.29. The molecule has 0 bridgehead atoms. The van der Waals surface area contributed by atoms with Crippen LogP contribution in [0.5, 0.6) is 0 Å². The lowest BCUT2D eigenvalue weighted by Gasteiger charge is -2.19. The number of carboxylic acid groups (broad SMARTS) is 1. The van der Waals surface area contributed by atoms with Gasteiger partial charge >= 0.3 is 12.1 Å². The van der Waals surface area contributed by atoms with E-state index in [1.54, 1.807) is 0 Å². The third-order valence-corrected chi connectivity index (χ3v) is 1.97. The molecule has 0 aromatic heterocycles. The Hall–Kier alpha value is -1.56. The maximum Gasteiger partial charge on any atom is 0.418 e. The minimum atomic E-state index is -4.56. The van der Waals surface area contributed by atoms with Crippen LogP contribution in [0.1, 0.15) is 22.0 Å². The van der Waals surface area contributed by atoms with Crippen LogP contribution in [0.3, 0.4) is 0 Å². The van der Waals surface area contributed by atoms with Gasteiger partial charge in [-0.25, -0.2) is 4.79 Å². The normalized spacial score (nSPS) is 13.5. The van der Waals surface area contributed by atoms with E-state index >= 15 is 0 Å². The number of rotatable bonds is 3. The third kappa shape index (κ3) is 2.73. The van der Waals surface area contributed by atoms with Crippen molar-refractivity contribution in [2.45, 2.75) is 12.3 Å². The lowest BCUT2D eigenvalue weighted by Crippen LogP contribution is -2.22. The van der Waals surface area contributed by atoms with Crippen LogP contribution in [0.25, 0.3) is 0 Å². The third-order valence-electron chi connectivity index (χ3n) is 1.97. The highest BCUT2D eigenvalue weighted by Crippen LogP contribution is 2.35. The van der Waals surface area contributed by atoms with Gasteiger partial charge < -0.3 is 9.84 Å². The Morgan fingerprint density at radius 3 is 2.50 bits per heavy atom. The molecule has 0 aliphatic heterocycles. The van der Waals surface area contributed by atoms with Crippen molar-refractivity contribution in [1.82, 2.24) is 0 Å². The highest BCUT2D eigenvalue weighted by atomic mass is 19.4. The van der Waals surface area contributed by atoms with Gasteiger partial charge in [0, 0.05) is 7.11 Å². The first-order valence-electron chi connectivity index (χ1n) is 4.29. The lowest BCUT2D eigenvalue weighted by molar-refractivity contribution is -0.215. The molecule has 6 heteroatoms. The molecular weight excluding hydrogens is 225 g/mol. The molecule has 0 radical (unpaired) electrons. The monoisotopic (exact) mass is 234 g/mol. The molecule has 88 valence electrons. The number of ether oxygens (including phenoxy) is 1. The van der Waals surface area contributed by atoms with Crippen molar-refractivity contribution in [1.29, 1.82) is 0 Å². The predicted octanol–water partition coefficient (Wildman–Crippen LogP) is 2.63. The van der Waals surface area contributed by atoms with Crippen molar-refractivity contribution < 1.29 is 27.8 Å². The number of hydrogen-bond acceptors (Lipinski definition) is 2. The highest BCUT2D eigenvalue weighted by molar-refractivity contribution is 5.87. The van der Waals surface area contributed by atoms with Gasteiger partial charge in [-0.2, -0.15) is 13.2 Å². The molecule has 0 heterocycles. The second-order valence-corrected chi connectivity index (χ2v) is 3.09. The number of benzene rings is 1. The van der Waals surface area contributed by atoms with Gasteiger partial charge in [0.05, 0.1) is 5.56 Å². The first-order valence-corrected chi connectivity index (χ1v) is 4.29. The van der Waals surface area contributed by atoms with E-state index in [-0.39, 0.29) is 11.1 Å². The van der Waals surface area contributed by atoms with Crippen molar-refractivity contribution in [2.75, 3.05) is 7.11 Å². The number of hydrogen-bond donors (Lipinski definition) is 1. The summed E-state index contributed by atoms with van der Waals surface area (Å²) in [4.78, 5) is 10.6. The van der Waals surface area contributed by atoms with Crippen molar-refractivity contribution in [3.8, 4) is 0 Å². The molecule has 0 aliphatic rings. The summed E-state index contributed by atoms with van der Waals surface area (Å²) < 4.78 is 41.7. The average Bonchev–Trinajstić information content (AvgIpc) is 2.17. The van der Waals surface area contributed by atoms with Crippen LogP contribution < -0.4 is 0 Å². The molecule has 0 amide bonds. The SMILES string of the molecule is COC(c1cccc(C(=O)O)c1)C(F)(F)F. The smallest absolute Gasteiger partial charge is 0.418 e. The molecule has 0 spiro atoms. The number of carbonyl (C=O) groups is 1. The number of aromatic carboxylic acids is 1. The molecule has 0 saturated heterocycles. The van der Waals surface area contributed by atoms with Crippen LogP contribution in [-0.4, -0.2) is 24.4 Å². The first-order chi connectivity index (χ1) is 7.36. The van der Waals surface area contributed by atoms with Gasteiger partial charge in [0.2, 0.25) is 0 Å². The lowest BCUT2D eigenvalue weighted by atomic mass is 10.1. The van der Waals surface area contributed by atoms with Gasteiger partial charge in [0.1, 0.15) is 0 Å². The maximum absolute atomic E-state index is 12.5. The Bertz CT molecular complexity index is 387. The second kappa shape index (κ2) is 4.52. The van der Waals surface area contributed by atoms with E-state index in [0.717, 1.165) is 13.2 Å². The van der Waals surface area contributed by atoms with Crippen LogP contribution in [0.2, 0.25) is 0 Å². The van der Waals surface area contributed by atoms with E-state index in [4.69, 9.17) is 5.11 Å². The second-order valence-electron chi connectivity index (χ2n) is 3.09. The molecule has 1 N–H and O–H groups in total. The summed E-state index contributed by atoms with van der Waals surface area (Å²) >= 11 is 0. The molecule has 3 nitrogen and oxygen atoms in total. The zero-order valence-electron chi connectivity index (χ0n) is 8.28. The van der Waals surface area contributed by atoms with Crippen molar-refractivity contribution >= 4 is 5.97 Å². The molecule has 0 aliphatic carbocycles. The summed E-state index contributed by atoms with van der Waals surface area (Å²) in [6, 6.07) is 4.59. The van der Waals surface area contributed by atoms with Gasteiger partial charge in [-0.05, 0) is 17.7 Å². The number of alkyl halides is 3. The number of halogens is 3. The molecule has 16 heavy (non-hydrogen) atoms. The zero-order valence-corrected chi connectivity index (χ0v) is 8.28. The minimum Gasteiger partial charge on any atom is -0.478 e. The Labute approximate surface area is 89.5 Å². The fourth-order valence-corrected chi connectivity index (χ4v) is 1.29. The molecule has 1 rings (SSSR count). The van der Waals surface area contributed by atoms with Crippen molar-refractivity contribution in [2.24, 2.45) is 0 Å². The van der Waals surface area contributed by atoms with Gasteiger partial charge in [0.15, 0.2) is 6.10 Å². The van der Waals surface area contributed by atoms with E-state index in [2.05, 4.69) is 4.74 Å². The van der Waals surface area contributed by atoms with Gasteiger partial charge in [-0.15, -0.1) is 0 Å². The zero-order chi connectivity index (χ0) is 12.3. The van der Waals surface area contributed by atoms with Crippen molar-refractivity contribution in [3.63, 3.8) is 0 Å². The summed E-state index contributed by atoms with van der Waals surface area (Å²) in [6.45, 7) is 0. The van der Waals surface area contributed by atoms with Crippen LogP contribution in [0, 0.1) is 0 Å². The molecule has 1 unspecified atom stereocenters. The van der Waals surface area contributed by atoms with E-state index in [1.807, 2.05) is 0 Å². The molecule has 1 aromatic rings. The summed E-state index contributed by atoms with van der Waals surface area (Å²) in [5, 5.41) is 8.64. The molecular formula is C10H9F3O3. The number of carboxylic acids is 1. The molecule has 0 fully saturated rings. The predicted molar refractivity (Wildman–Crippen MR) is 49.2 cm³/mol. The Morgan fingerprint density at radius 2 is 2.06 bits per heavy atom. The summed E-state index contributed by atoms with van der Waals surface area (Å²) in [5.74, 6) is -1.28. The average molecular weight is 234 g/mol. The Morgan fingerprint density at radius 1 is 1.44 bits per heavy atom. The maximum atomic E-state index is 12.5. The van der Waals surface area contributed by atoms with Gasteiger partial charge in [0.25, 0.3) is 0 Å². The Kier molecular flexibility index (Phi) is 3.54. The van der Waals surface area contributed by atoms with Gasteiger partial charge in [-0.3, -0.25) is 0 Å². The summed E-state index contributed by atoms with van der Waals surface area (Å²) in [6.07, 6.45) is -6.67. The van der Waals surface area contributed by atoms with E-state index in [1.165, 1.54) is 18.2 Å². The standard InChI is InChI=1S/C10H9F3O3/c1-16-8(10(11,12)13)6-3-2-4-7(5-6)9(14)15/h2-5,8H,1H3,(H,14,15). The summed E-state index contributed by atoms with van der Waals surface area (Å²) in [5.41, 5.74) is -0.432. The molecule has 1 aromatic carbocycles. The van der Waals surface area contributed by atoms with Crippen LogP contribution in [0.4, 0.5) is 13.2 Å². The van der Waals surface area contributed by atoms with E-state index in [0.29, 0.717) is 0 Å². The first kappa shape index (κ1) is 12.5. The van der Waals surface area contributed by atoms with Crippen LogP contribution in [0.15, 0.2) is 24.3 Å². The van der Waals surface area contributed by atoms with Gasteiger partial charge in [-0.1, -0.05) is 12.1 Å². The number of methoxy groups -OCH3 is 1. The molecule has 0 saturated carbocycles. The van der Waals surface area contributed by atoms with E-state index < -0.39 is 18.2 Å². The van der Waals surface area contributed by atoms with E-state index in [9.17, 15) is 18.0 Å². The topological polar surface area (TPSA) is 46.5 Å². The quantitative estimate of drug-likeness (QED) is 0.874. The minimum absolute atomic E-state index is 0.205. The largest absolute Gasteiger partial charge is 0.478 e. The fraction of sp³-hybridized carbons (Fsp3) is 0.300. The van der Waals surface area contributed by atoms with Crippen LogP contribution in [-0.2, 0) is 4.74 Å². The van der Waals surface area contributed by atoms with Crippen molar-refractivity contribution in [3.05, 3.63) is 35.4 Å². The van der Waals surface area contributed by atoms with Crippen LogP contribution >= 0.6 is 0 Å². The Balaban J connectivity index is 3.11. The highest BCUT2D eigenvalue weighted by Gasteiger charge is 2.41. The molecule has 1 atom stereocenters. The summed E-state index contributed by atoms with van der Waals surface area (Å²) in [7, 11) is 0.922.